The number of aromatic nitrogens is 1. The van der Waals surface area contributed by atoms with Gasteiger partial charge in [0.2, 0.25) is 4.80 Å². The first kappa shape index (κ1) is 18.6. The van der Waals surface area contributed by atoms with Crippen molar-refractivity contribution in [2.75, 3.05) is 7.11 Å². The summed E-state index contributed by atoms with van der Waals surface area (Å²) in [5.74, 6) is -1.06. The maximum absolute atomic E-state index is 13.5. The maximum Gasteiger partial charge on any atom is 0.325 e. The fraction of sp³-hybridized carbons (Fsp3) is 0.125. The second-order valence-electron chi connectivity index (χ2n) is 5.18. The van der Waals surface area contributed by atoms with Gasteiger partial charge in [-0.1, -0.05) is 22.9 Å². The predicted molar refractivity (Wildman–Crippen MR) is 96.0 cm³/mol. The lowest BCUT2D eigenvalue weighted by molar-refractivity contribution is -0.141. The fourth-order valence-corrected chi connectivity index (χ4v) is 4.61. The lowest BCUT2D eigenvalue weighted by Crippen LogP contribution is -2.22. The Morgan fingerprint density at radius 1 is 1.27 bits per heavy atom. The van der Waals surface area contributed by atoms with E-state index in [1.54, 1.807) is 0 Å². The number of thiazole rings is 1. The number of halogens is 2. The molecule has 10 heteroatoms. The van der Waals surface area contributed by atoms with Gasteiger partial charge < -0.3 is 9.30 Å². The van der Waals surface area contributed by atoms with Crippen molar-refractivity contribution in [2.45, 2.75) is 11.4 Å². The average molecular weight is 415 g/mol. The Morgan fingerprint density at radius 3 is 2.62 bits per heavy atom. The van der Waals surface area contributed by atoms with Crippen LogP contribution in [0, 0.1) is 5.82 Å². The Kier molecular flexibility index (Phi) is 5.12. The van der Waals surface area contributed by atoms with E-state index < -0.39 is 21.8 Å². The Bertz CT molecular complexity index is 1150. The number of fused-ring (bicyclic) bond motifs is 1. The van der Waals surface area contributed by atoms with Crippen molar-refractivity contribution >= 4 is 49.1 Å². The van der Waals surface area contributed by atoms with Crippen LogP contribution in [0.1, 0.15) is 0 Å². The van der Waals surface area contributed by atoms with Crippen LogP contribution < -0.4 is 4.80 Å². The van der Waals surface area contributed by atoms with Gasteiger partial charge in [-0.15, -0.1) is 4.40 Å². The molecule has 0 radical (unpaired) electrons. The number of hydrogen-bond acceptors (Lipinski definition) is 5. The molecule has 0 unspecified atom stereocenters. The van der Waals surface area contributed by atoms with Crippen LogP contribution in [0.2, 0.25) is 5.02 Å². The normalized spacial score (nSPS) is 12.5. The Balaban J connectivity index is 2.22. The topological polar surface area (TPSA) is 77.7 Å². The molecule has 3 rings (SSSR count). The predicted octanol–water partition coefficient (Wildman–Crippen LogP) is 2.96. The molecular weight excluding hydrogens is 403 g/mol. The number of benzene rings is 2. The van der Waals surface area contributed by atoms with Crippen molar-refractivity contribution in [2.24, 2.45) is 4.40 Å². The third-order valence-electron chi connectivity index (χ3n) is 3.47. The van der Waals surface area contributed by atoms with Gasteiger partial charge in [0.25, 0.3) is 10.0 Å². The highest BCUT2D eigenvalue weighted by atomic mass is 35.5. The first-order valence-electron chi connectivity index (χ1n) is 7.22. The van der Waals surface area contributed by atoms with E-state index in [0.717, 1.165) is 11.3 Å². The Hall–Kier alpha value is -2.23. The zero-order valence-corrected chi connectivity index (χ0v) is 15.7. The van der Waals surface area contributed by atoms with Crippen LogP contribution in [0.5, 0.6) is 0 Å². The SMILES string of the molecule is COC(=O)Cn1c(=NS(=O)(=O)c2ccc(Cl)cc2)sc2cc(F)ccc21. The van der Waals surface area contributed by atoms with Gasteiger partial charge in [-0.2, -0.15) is 8.42 Å². The molecule has 2 aromatic carbocycles. The first-order chi connectivity index (χ1) is 12.3. The second kappa shape index (κ2) is 7.18. The van der Waals surface area contributed by atoms with Crippen LogP contribution in [0.15, 0.2) is 51.8 Å². The van der Waals surface area contributed by atoms with E-state index in [-0.39, 0.29) is 16.2 Å². The molecule has 0 amide bonds. The zero-order valence-electron chi connectivity index (χ0n) is 13.3. The monoisotopic (exact) mass is 414 g/mol. The molecule has 0 bridgehead atoms. The first-order valence-corrected chi connectivity index (χ1v) is 9.86. The molecule has 0 saturated heterocycles. The second-order valence-corrected chi connectivity index (χ2v) is 8.23. The highest BCUT2D eigenvalue weighted by molar-refractivity contribution is 7.90. The van der Waals surface area contributed by atoms with Crippen LogP contribution in [0.25, 0.3) is 10.2 Å². The molecule has 1 aromatic heterocycles. The standard InChI is InChI=1S/C16H12ClFN2O4S2/c1-24-15(21)9-20-13-7-4-11(18)8-14(13)25-16(20)19-26(22,23)12-5-2-10(17)3-6-12/h2-8H,9H2,1H3. The summed E-state index contributed by atoms with van der Waals surface area (Å²) in [6.07, 6.45) is 0. The van der Waals surface area contributed by atoms with Gasteiger partial charge in [-0.05, 0) is 42.5 Å². The molecular formula is C16H12ClFN2O4S2. The van der Waals surface area contributed by atoms with Crippen LogP contribution in [0.3, 0.4) is 0 Å². The highest BCUT2D eigenvalue weighted by Gasteiger charge is 2.16. The van der Waals surface area contributed by atoms with E-state index >= 15 is 0 Å². The molecule has 0 aliphatic carbocycles. The number of hydrogen-bond donors (Lipinski definition) is 0. The van der Waals surface area contributed by atoms with Crippen LogP contribution in [-0.4, -0.2) is 26.1 Å². The van der Waals surface area contributed by atoms with Gasteiger partial charge in [-0.3, -0.25) is 4.79 Å². The molecule has 0 aliphatic heterocycles. The summed E-state index contributed by atoms with van der Waals surface area (Å²) in [5.41, 5.74) is 0.479. The van der Waals surface area contributed by atoms with Crippen LogP contribution >= 0.6 is 22.9 Å². The highest BCUT2D eigenvalue weighted by Crippen LogP contribution is 2.20. The number of methoxy groups -OCH3 is 1. The van der Waals surface area contributed by atoms with Gasteiger partial charge in [0.15, 0.2) is 0 Å². The minimum atomic E-state index is -4.04. The summed E-state index contributed by atoms with van der Waals surface area (Å²) in [6, 6.07) is 9.47. The lowest BCUT2D eigenvalue weighted by atomic mass is 10.3. The largest absolute Gasteiger partial charge is 0.468 e. The molecule has 136 valence electrons. The quantitative estimate of drug-likeness (QED) is 0.615. The van der Waals surface area contributed by atoms with Gasteiger partial charge in [0, 0.05) is 5.02 Å². The lowest BCUT2D eigenvalue weighted by Gasteiger charge is -2.04. The van der Waals surface area contributed by atoms with E-state index in [0.29, 0.717) is 15.2 Å². The third kappa shape index (κ3) is 3.79. The van der Waals surface area contributed by atoms with Crippen LogP contribution in [0.4, 0.5) is 4.39 Å². The minimum absolute atomic E-state index is 0.0333. The number of sulfonamides is 1. The van der Waals surface area contributed by atoms with Crippen molar-refractivity contribution in [1.82, 2.24) is 4.57 Å². The Labute approximate surface area is 157 Å². The summed E-state index contributed by atoms with van der Waals surface area (Å²) >= 11 is 6.73. The Morgan fingerprint density at radius 2 is 1.96 bits per heavy atom. The van der Waals surface area contributed by atoms with Crippen LogP contribution in [-0.2, 0) is 26.1 Å². The van der Waals surface area contributed by atoms with Gasteiger partial charge in [0.1, 0.15) is 12.4 Å². The molecule has 26 heavy (non-hydrogen) atoms. The van der Waals surface area contributed by atoms with Gasteiger partial charge in [0.05, 0.1) is 22.2 Å². The zero-order chi connectivity index (χ0) is 18.9. The molecule has 0 N–H and O–H groups in total. The summed E-state index contributed by atoms with van der Waals surface area (Å²) in [6.45, 7) is -0.253. The van der Waals surface area contributed by atoms with Crippen molar-refractivity contribution in [3.8, 4) is 0 Å². The van der Waals surface area contributed by atoms with E-state index in [1.807, 2.05) is 0 Å². The van der Waals surface area contributed by atoms with Crippen molar-refractivity contribution < 1.29 is 22.3 Å². The van der Waals surface area contributed by atoms with E-state index in [1.165, 1.54) is 54.1 Å². The third-order valence-corrected chi connectivity index (χ3v) is 6.16. The van der Waals surface area contributed by atoms with Gasteiger partial charge in [-0.25, -0.2) is 4.39 Å². The molecule has 0 fully saturated rings. The number of carbonyl (C=O) groups is 1. The molecule has 0 atom stereocenters. The fourth-order valence-electron chi connectivity index (χ4n) is 2.23. The molecule has 0 aliphatic rings. The minimum Gasteiger partial charge on any atom is -0.468 e. The summed E-state index contributed by atoms with van der Waals surface area (Å²) in [4.78, 5) is 11.7. The summed E-state index contributed by atoms with van der Waals surface area (Å²) < 4.78 is 48.9. The summed E-state index contributed by atoms with van der Waals surface area (Å²) in [5, 5.41) is 0.391. The molecule has 0 saturated carbocycles. The van der Waals surface area contributed by atoms with Gasteiger partial charge >= 0.3 is 5.97 Å². The van der Waals surface area contributed by atoms with E-state index in [2.05, 4.69) is 9.13 Å². The number of rotatable bonds is 4. The molecule has 1 heterocycles. The molecule has 0 spiro atoms. The van der Waals surface area contributed by atoms with E-state index in [9.17, 15) is 17.6 Å². The number of esters is 1. The maximum atomic E-state index is 13.5. The number of nitrogens with zero attached hydrogens (tertiary/aromatic N) is 2. The smallest absolute Gasteiger partial charge is 0.325 e. The average Bonchev–Trinajstić information content (AvgIpc) is 2.90. The molecule has 3 aromatic rings. The number of carbonyl (C=O) groups excluding carboxylic acids is 1. The molecule has 6 nitrogen and oxygen atoms in total. The number of ether oxygens (including phenoxy) is 1. The van der Waals surface area contributed by atoms with Crippen molar-refractivity contribution in [1.29, 1.82) is 0 Å². The summed E-state index contributed by atoms with van der Waals surface area (Å²) in [7, 11) is -2.82. The van der Waals surface area contributed by atoms with E-state index in [4.69, 9.17) is 11.6 Å². The van der Waals surface area contributed by atoms with Crippen molar-refractivity contribution in [3.63, 3.8) is 0 Å². The van der Waals surface area contributed by atoms with Crippen molar-refractivity contribution in [3.05, 3.63) is 58.1 Å².